The number of thiocarbonyl (C=S) groups is 1. The molecule has 0 spiro atoms. The van der Waals surface area contributed by atoms with Crippen molar-refractivity contribution in [2.75, 3.05) is 31.0 Å². The largest absolute Gasteiger partial charge is 0.495 e. The molecule has 1 saturated heterocycles. The number of amides is 1. The predicted octanol–water partition coefficient (Wildman–Crippen LogP) is 6.42. The van der Waals surface area contributed by atoms with Crippen molar-refractivity contribution in [3.63, 3.8) is 0 Å². The fraction of sp³-hybridized carbons (Fsp3) is 0.179. The van der Waals surface area contributed by atoms with Gasteiger partial charge in [0, 0.05) is 24.6 Å². The Morgan fingerprint density at radius 1 is 1.13 bits per heavy atom. The summed E-state index contributed by atoms with van der Waals surface area (Å²) in [5.74, 6) is 1.38. The second-order valence-electron chi connectivity index (χ2n) is 8.67. The van der Waals surface area contributed by atoms with Crippen molar-refractivity contribution in [3.05, 3.63) is 94.4 Å². The van der Waals surface area contributed by atoms with E-state index in [0.717, 1.165) is 5.69 Å². The number of methoxy groups -OCH3 is 2. The van der Waals surface area contributed by atoms with Gasteiger partial charge in [-0.25, -0.2) is 0 Å². The van der Waals surface area contributed by atoms with Crippen LogP contribution in [0.3, 0.4) is 0 Å². The molecule has 1 amide bonds. The first-order chi connectivity index (χ1) is 18.9. The van der Waals surface area contributed by atoms with Crippen molar-refractivity contribution in [2.24, 2.45) is 0 Å². The molecular weight excluding hydrogens is 559 g/mol. The molecule has 0 aliphatic carbocycles. The smallest absolute Gasteiger partial charge is 0.250 e. The third-order valence-corrected chi connectivity index (χ3v) is 7.38. The van der Waals surface area contributed by atoms with Crippen LogP contribution in [0.4, 0.5) is 11.4 Å². The molecule has 1 aliphatic heterocycles. The zero-order valence-electron chi connectivity index (χ0n) is 21.0. The highest BCUT2D eigenvalue weighted by atomic mass is 35.5. The van der Waals surface area contributed by atoms with E-state index in [1.54, 1.807) is 24.4 Å². The molecule has 200 valence electrons. The summed E-state index contributed by atoms with van der Waals surface area (Å²) in [5, 5.41) is 7.54. The van der Waals surface area contributed by atoms with Gasteiger partial charge in [0.2, 0.25) is 5.91 Å². The summed E-state index contributed by atoms with van der Waals surface area (Å²) in [6.45, 7) is -0.0946. The number of furan rings is 1. The molecule has 11 heteroatoms. The molecular formula is C28H24Cl2N4O4S. The maximum Gasteiger partial charge on any atom is 0.250 e. The molecule has 0 radical (unpaired) electrons. The van der Waals surface area contributed by atoms with E-state index in [1.165, 1.54) is 14.2 Å². The van der Waals surface area contributed by atoms with Gasteiger partial charge in [0.15, 0.2) is 5.11 Å². The first-order valence-electron chi connectivity index (χ1n) is 11.9. The zero-order chi connectivity index (χ0) is 27.5. The molecule has 39 heavy (non-hydrogen) atoms. The van der Waals surface area contributed by atoms with Crippen LogP contribution in [0.25, 0.3) is 11.3 Å². The average Bonchev–Trinajstić information content (AvgIpc) is 3.55. The lowest BCUT2D eigenvalue weighted by Gasteiger charge is -2.27. The van der Waals surface area contributed by atoms with Crippen molar-refractivity contribution in [2.45, 2.75) is 12.1 Å². The molecule has 0 bridgehead atoms. The first-order valence-corrected chi connectivity index (χ1v) is 13.1. The fourth-order valence-electron chi connectivity index (χ4n) is 4.53. The number of ether oxygens (including phenoxy) is 2. The minimum atomic E-state index is -0.421. The molecule has 2 unspecified atom stereocenters. The van der Waals surface area contributed by atoms with Crippen LogP contribution in [-0.2, 0) is 9.53 Å². The van der Waals surface area contributed by atoms with Crippen molar-refractivity contribution >= 4 is 57.8 Å². The van der Waals surface area contributed by atoms with Gasteiger partial charge in [-0.05, 0) is 66.8 Å². The fourth-order valence-corrected chi connectivity index (χ4v) is 5.27. The van der Waals surface area contributed by atoms with Crippen LogP contribution in [0.1, 0.15) is 23.5 Å². The van der Waals surface area contributed by atoms with Crippen LogP contribution in [0.15, 0.2) is 77.3 Å². The van der Waals surface area contributed by atoms with Crippen LogP contribution in [0.2, 0.25) is 10.0 Å². The Bertz CT molecular complexity index is 1510. The average molecular weight is 583 g/mol. The number of benzene rings is 2. The number of hydrogen-bond acceptors (Lipinski definition) is 6. The van der Waals surface area contributed by atoms with Crippen LogP contribution in [0, 0.1) is 0 Å². The SMILES string of the molecule is COCC(=O)Nc1cc(N2C(=S)NC(c3ccccn3)C2c2ccc(-c3cccc(Cl)c3Cl)o2)ccc1OC. The molecule has 4 aromatic rings. The Labute approximate surface area is 240 Å². The summed E-state index contributed by atoms with van der Waals surface area (Å²) >= 11 is 18.5. The van der Waals surface area contributed by atoms with Gasteiger partial charge in [-0.3, -0.25) is 9.78 Å². The Morgan fingerprint density at radius 3 is 2.72 bits per heavy atom. The minimum Gasteiger partial charge on any atom is -0.495 e. The van der Waals surface area contributed by atoms with E-state index < -0.39 is 6.04 Å². The van der Waals surface area contributed by atoms with Gasteiger partial charge in [-0.1, -0.05) is 35.3 Å². The van der Waals surface area contributed by atoms with Crippen LogP contribution in [-0.4, -0.2) is 36.8 Å². The van der Waals surface area contributed by atoms with Crippen molar-refractivity contribution in [1.82, 2.24) is 10.3 Å². The van der Waals surface area contributed by atoms with Crippen LogP contribution >= 0.6 is 35.4 Å². The zero-order valence-corrected chi connectivity index (χ0v) is 23.3. The Morgan fingerprint density at radius 2 is 1.97 bits per heavy atom. The van der Waals surface area contributed by atoms with Gasteiger partial charge < -0.3 is 29.4 Å². The highest BCUT2D eigenvalue weighted by Gasteiger charge is 2.43. The molecule has 2 aromatic carbocycles. The molecule has 0 saturated carbocycles. The third-order valence-electron chi connectivity index (χ3n) is 6.24. The molecule has 5 rings (SSSR count). The second-order valence-corrected chi connectivity index (χ2v) is 9.84. The van der Waals surface area contributed by atoms with Crippen molar-refractivity contribution in [3.8, 4) is 17.1 Å². The molecule has 1 fully saturated rings. The van der Waals surface area contributed by atoms with E-state index >= 15 is 0 Å². The quantitative estimate of drug-likeness (QED) is 0.230. The molecule has 2 atom stereocenters. The highest BCUT2D eigenvalue weighted by molar-refractivity contribution is 7.80. The lowest BCUT2D eigenvalue weighted by molar-refractivity contribution is -0.119. The topological polar surface area (TPSA) is 88.9 Å². The summed E-state index contributed by atoms with van der Waals surface area (Å²) in [4.78, 5) is 18.8. The number of halogens is 2. The number of nitrogens with one attached hydrogen (secondary N) is 2. The molecule has 2 aromatic heterocycles. The number of aromatic nitrogens is 1. The van der Waals surface area contributed by atoms with Crippen LogP contribution < -0.4 is 20.3 Å². The molecule has 1 aliphatic rings. The lowest BCUT2D eigenvalue weighted by atomic mass is 10.0. The normalized spacial score (nSPS) is 16.7. The predicted molar refractivity (Wildman–Crippen MR) is 156 cm³/mol. The minimum absolute atomic E-state index is 0.0946. The van der Waals surface area contributed by atoms with Crippen LogP contribution in [0.5, 0.6) is 5.75 Å². The van der Waals surface area contributed by atoms with Gasteiger partial charge in [0.1, 0.15) is 29.9 Å². The molecule has 3 heterocycles. The summed E-state index contributed by atoms with van der Waals surface area (Å²) < 4.78 is 16.8. The summed E-state index contributed by atoms with van der Waals surface area (Å²) in [6, 6.07) is 19.5. The van der Waals surface area contributed by atoms with E-state index in [4.69, 9.17) is 49.3 Å². The van der Waals surface area contributed by atoms with Crippen molar-refractivity contribution in [1.29, 1.82) is 0 Å². The van der Waals surface area contributed by atoms with E-state index in [1.807, 2.05) is 53.4 Å². The number of anilines is 2. The number of carbonyl (C=O) groups excluding carboxylic acids is 1. The maximum absolute atomic E-state index is 12.3. The summed E-state index contributed by atoms with van der Waals surface area (Å²) in [7, 11) is 2.99. The van der Waals surface area contributed by atoms with E-state index in [0.29, 0.717) is 49.4 Å². The number of pyridine rings is 1. The van der Waals surface area contributed by atoms with Gasteiger partial charge >= 0.3 is 0 Å². The first kappa shape index (κ1) is 27.0. The number of nitrogens with zero attached hydrogens (tertiary/aromatic N) is 2. The summed E-state index contributed by atoms with van der Waals surface area (Å²) in [6.07, 6.45) is 1.73. The standard InChI is InChI=1S/C28H24Cl2N4O4S/c1-36-15-24(35)32-20-14-16(9-10-22(20)37-2)34-27(26(33-28(34)39)19-8-3-4-13-31-19)23-12-11-21(38-23)17-6-5-7-18(29)25(17)30/h3-14,26-27H,15H2,1-2H3,(H,32,35)(H,33,39). The Hall–Kier alpha value is -3.63. The van der Waals surface area contributed by atoms with Gasteiger partial charge in [-0.15, -0.1) is 0 Å². The summed E-state index contributed by atoms with van der Waals surface area (Å²) in [5.41, 5.74) is 2.65. The number of rotatable bonds is 8. The highest BCUT2D eigenvalue weighted by Crippen LogP contribution is 2.45. The van der Waals surface area contributed by atoms with E-state index in [-0.39, 0.29) is 18.6 Å². The van der Waals surface area contributed by atoms with Gasteiger partial charge in [-0.2, -0.15) is 0 Å². The van der Waals surface area contributed by atoms with Gasteiger partial charge in [0.05, 0.1) is 34.6 Å². The number of hydrogen-bond donors (Lipinski definition) is 2. The second kappa shape index (κ2) is 11.6. The number of carbonyl (C=O) groups is 1. The monoisotopic (exact) mass is 582 g/mol. The van der Waals surface area contributed by atoms with Gasteiger partial charge in [0.25, 0.3) is 0 Å². The Balaban J connectivity index is 1.59. The third kappa shape index (κ3) is 5.44. The van der Waals surface area contributed by atoms with Crippen molar-refractivity contribution < 1.29 is 18.7 Å². The van der Waals surface area contributed by atoms with E-state index in [2.05, 4.69) is 15.6 Å². The maximum atomic E-state index is 12.3. The van der Waals surface area contributed by atoms with E-state index in [9.17, 15) is 4.79 Å². The lowest BCUT2D eigenvalue weighted by Crippen LogP contribution is -2.29. The molecule has 8 nitrogen and oxygen atoms in total. The Kier molecular flexibility index (Phi) is 8.04. The molecule has 2 N–H and O–H groups in total.